The van der Waals surface area contributed by atoms with Crippen molar-refractivity contribution in [2.75, 3.05) is 13.2 Å². The lowest BCUT2D eigenvalue weighted by atomic mass is 9.94. The first-order valence-electron chi connectivity index (χ1n) is 3.87. The first kappa shape index (κ1) is 10.7. The topological polar surface area (TPSA) is 18.5 Å². The van der Waals surface area contributed by atoms with Crippen LogP contribution in [0.25, 0.3) is 0 Å². The van der Waals surface area contributed by atoms with Gasteiger partial charge in [-0.05, 0) is 13.8 Å². The molecule has 0 rings (SSSR count). The average Bonchev–Trinajstić information content (AvgIpc) is 2.00. The Hall–Kier alpha value is -0.275. The molecule has 0 aliphatic carbocycles. The van der Waals surface area contributed by atoms with E-state index < -0.39 is 6.00 Å². The zero-order valence-corrected chi connectivity index (χ0v) is 7.25. The molecule has 0 fully saturated rings. The third-order valence-electron chi connectivity index (χ3n) is 1.27. The number of hydrogen-bond acceptors (Lipinski definition) is 2. The fourth-order valence-corrected chi connectivity index (χ4v) is 0.777. The molecule has 0 amide bonds. The van der Waals surface area contributed by atoms with Crippen LogP contribution in [0.2, 0.25) is 0 Å². The van der Waals surface area contributed by atoms with E-state index in [2.05, 4.69) is 6.58 Å². The molecule has 0 saturated carbocycles. The van der Waals surface area contributed by atoms with Gasteiger partial charge in [0.25, 0.3) is 0 Å². The van der Waals surface area contributed by atoms with Crippen molar-refractivity contribution in [2.24, 2.45) is 0 Å². The van der Waals surface area contributed by atoms with Gasteiger partial charge in [0.2, 0.25) is 0 Å². The fraction of sp³-hybridized carbons (Fsp3) is 0.750. The zero-order valence-electron chi connectivity index (χ0n) is 7.25. The molecule has 0 aromatic rings. The normalized spacial score (nSPS) is 15.8. The van der Waals surface area contributed by atoms with E-state index in [1.807, 2.05) is 13.8 Å². The van der Waals surface area contributed by atoms with Crippen molar-refractivity contribution < 1.29 is 9.47 Å². The van der Waals surface area contributed by atoms with E-state index in [4.69, 9.17) is 17.3 Å². The summed E-state index contributed by atoms with van der Waals surface area (Å²) in [7, 11) is 5.61. The van der Waals surface area contributed by atoms with E-state index in [0.717, 1.165) is 0 Å². The van der Waals surface area contributed by atoms with E-state index >= 15 is 0 Å². The van der Waals surface area contributed by atoms with Gasteiger partial charge in [-0.15, -0.1) is 6.58 Å². The van der Waals surface area contributed by atoms with Crippen molar-refractivity contribution in [3.05, 3.63) is 12.7 Å². The van der Waals surface area contributed by atoms with Crippen molar-refractivity contribution in [3.63, 3.8) is 0 Å². The molecule has 0 N–H and O–H groups in total. The molecule has 2 nitrogen and oxygen atoms in total. The van der Waals surface area contributed by atoms with E-state index in [1.165, 1.54) is 0 Å². The Morgan fingerprint density at radius 3 is 2.27 bits per heavy atom. The number of hydrogen-bond donors (Lipinski definition) is 0. The minimum Gasteiger partial charge on any atom is -0.385 e. The van der Waals surface area contributed by atoms with Crippen LogP contribution in [0.3, 0.4) is 0 Å². The van der Waals surface area contributed by atoms with Crippen LogP contribution in [0.15, 0.2) is 12.7 Å². The number of ether oxygens (including phenoxy) is 2. The first-order valence-corrected chi connectivity index (χ1v) is 3.87. The van der Waals surface area contributed by atoms with Gasteiger partial charge in [-0.25, -0.2) is 0 Å². The van der Waals surface area contributed by atoms with Gasteiger partial charge < -0.3 is 9.47 Å². The van der Waals surface area contributed by atoms with Crippen molar-refractivity contribution in [2.45, 2.75) is 26.0 Å². The van der Waals surface area contributed by atoms with Crippen LogP contribution in [-0.2, 0) is 9.47 Å². The molecule has 0 saturated heterocycles. The van der Waals surface area contributed by atoms with Crippen molar-refractivity contribution >= 4 is 7.85 Å². The predicted molar refractivity (Wildman–Crippen MR) is 46.8 cm³/mol. The Morgan fingerprint density at radius 2 is 1.91 bits per heavy atom. The van der Waals surface area contributed by atoms with E-state index in [-0.39, 0.29) is 6.10 Å². The monoisotopic (exact) mass is 154 g/mol. The summed E-state index contributed by atoms with van der Waals surface area (Å²) in [5, 5.41) is 0. The summed E-state index contributed by atoms with van der Waals surface area (Å²) in [4.78, 5) is 0. The fourth-order valence-electron chi connectivity index (χ4n) is 0.777. The Kier molecular flexibility index (Phi) is 6.28. The first-order chi connectivity index (χ1) is 5.26. The molecule has 0 aliphatic heterocycles. The Bertz CT molecular complexity index is 106. The molecule has 11 heavy (non-hydrogen) atoms. The molecule has 0 spiro atoms. The quantitative estimate of drug-likeness (QED) is 0.421. The Morgan fingerprint density at radius 1 is 1.36 bits per heavy atom. The maximum Gasteiger partial charge on any atom is 0.113 e. The Labute approximate surface area is 70.0 Å². The van der Waals surface area contributed by atoms with Gasteiger partial charge in [-0.2, -0.15) is 0 Å². The molecule has 62 valence electrons. The van der Waals surface area contributed by atoms with Crippen molar-refractivity contribution in [3.8, 4) is 0 Å². The molecule has 2 radical (unpaired) electrons. The summed E-state index contributed by atoms with van der Waals surface area (Å²) in [5.41, 5.74) is 0. The highest BCUT2D eigenvalue weighted by Gasteiger charge is 2.12. The summed E-state index contributed by atoms with van der Waals surface area (Å²) in [6, 6.07) is -0.391. The van der Waals surface area contributed by atoms with Crippen molar-refractivity contribution in [1.82, 2.24) is 0 Å². The van der Waals surface area contributed by atoms with Crippen LogP contribution >= 0.6 is 0 Å². The van der Waals surface area contributed by atoms with Crippen LogP contribution in [0.4, 0.5) is 0 Å². The highest BCUT2D eigenvalue weighted by Crippen LogP contribution is 2.01. The summed E-state index contributed by atoms with van der Waals surface area (Å²) in [5.74, 6) is 0. The van der Waals surface area contributed by atoms with Gasteiger partial charge in [-0.3, -0.25) is 0 Å². The summed E-state index contributed by atoms with van der Waals surface area (Å²) in [6.07, 6.45) is 1.46. The lowest BCUT2D eigenvalue weighted by Crippen LogP contribution is -2.30. The van der Waals surface area contributed by atoms with Crippen LogP contribution < -0.4 is 0 Å². The second-order valence-electron chi connectivity index (χ2n) is 2.08. The molecule has 3 heteroatoms. The van der Waals surface area contributed by atoms with Gasteiger partial charge in [-0.1, -0.05) is 6.08 Å². The van der Waals surface area contributed by atoms with Crippen LogP contribution in [-0.4, -0.2) is 33.2 Å². The molecule has 0 heterocycles. The highest BCUT2D eigenvalue weighted by molar-refractivity contribution is 6.11. The maximum absolute atomic E-state index is 5.61. The lowest BCUT2D eigenvalue weighted by molar-refractivity contribution is -0.00475. The second kappa shape index (κ2) is 6.44. The standard InChI is InChI=1S/C8H15BO2/c1-4-7(10-5-2)8(9)11-6-3/h4,7-8H,1,5-6H2,2-3H3/t7-,8?/m0/s1. The largest absolute Gasteiger partial charge is 0.385 e. The van der Waals surface area contributed by atoms with Crippen LogP contribution in [0.5, 0.6) is 0 Å². The SMILES string of the molecule is [B]C(OCC)[C@H](C=C)OCC. The minimum atomic E-state index is -0.391. The Balaban J connectivity index is 3.70. The zero-order chi connectivity index (χ0) is 8.69. The predicted octanol–water partition coefficient (Wildman–Crippen LogP) is 1.11. The second-order valence-corrected chi connectivity index (χ2v) is 2.08. The molecule has 0 bridgehead atoms. The van der Waals surface area contributed by atoms with E-state index in [9.17, 15) is 0 Å². The summed E-state index contributed by atoms with van der Waals surface area (Å²) >= 11 is 0. The molecular weight excluding hydrogens is 139 g/mol. The maximum atomic E-state index is 5.61. The average molecular weight is 154 g/mol. The van der Waals surface area contributed by atoms with Crippen LogP contribution in [0, 0.1) is 0 Å². The summed E-state index contributed by atoms with van der Waals surface area (Å²) in [6.45, 7) is 8.62. The lowest BCUT2D eigenvalue weighted by Gasteiger charge is -2.20. The smallest absolute Gasteiger partial charge is 0.113 e. The van der Waals surface area contributed by atoms with Gasteiger partial charge >= 0.3 is 0 Å². The minimum absolute atomic E-state index is 0.194. The van der Waals surface area contributed by atoms with Gasteiger partial charge in [0.05, 0.1) is 6.10 Å². The molecule has 0 aliphatic rings. The molecular formula is C8H15BO2. The van der Waals surface area contributed by atoms with Crippen molar-refractivity contribution in [1.29, 1.82) is 0 Å². The molecule has 1 unspecified atom stereocenters. The van der Waals surface area contributed by atoms with Gasteiger partial charge in [0, 0.05) is 19.2 Å². The molecule has 0 aromatic carbocycles. The van der Waals surface area contributed by atoms with Gasteiger partial charge in [0.15, 0.2) is 0 Å². The third-order valence-corrected chi connectivity index (χ3v) is 1.27. The van der Waals surface area contributed by atoms with E-state index in [0.29, 0.717) is 13.2 Å². The number of rotatable bonds is 6. The highest BCUT2D eigenvalue weighted by atomic mass is 16.5. The summed E-state index contributed by atoms with van der Waals surface area (Å²) < 4.78 is 10.4. The van der Waals surface area contributed by atoms with E-state index in [1.54, 1.807) is 6.08 Å². The van der Waals surface area contributed by atoms with Gasteiger partial charge in [0.1, 0.15) is 7.85 Å². The third kappa shape index (κ3) is 4.22. The van der Waals surface area contributed by atoms with Crippen LogP contribution in [0.1, 0.15) is 13.8 Å². The molecule has 2 atom stereocenters. The molecule has 0 aromatic heterocycles.